The number of benzene rings is 2. The summed E-state index contributed by atoms with van der Waals surface area (Å²) in [6.45, 7) is 1.61. The summed E-state index contributed by atoms with van der Waals surface area (Å²) >= 11 is 0. The van der Waals surface area contributed by atoms with Crippen molar-refractivity contribution in [2.45, 2.75) is 37.2 Å². The number of hydrogen-bond acceptors (Lipinski definition) is 5. The number of carbonyl (C=O) groups excluding carboxylic acids is 2. The summed E-state index contributed by atoms with van der Waals surface area (Å²) in [7, 11) is -3.88. The lowest BCUT2D eigenvalue weighted by atomic mass is 10.1. The molecule has 0 fully saturated rings. The molecule has 0 bridgehead atoms. The Balaban J connectivity index is 1.81. The van der Waals surface area contributed by atoms with Gasteiger partial charge in [0, 0.05) is 5.69 Å². The van der Waals surface area contributed by atoms with Gasteiger partial charge >= 0.3 is 0 Å². The largest absolute Gasteiger partial charge is 0.467 e. The van der Waals surface area contributed by atoms with Gasteiger partial charge in [-0.25, -0.2) is 13.1 Å². The van der Waals surface area contributed by atoms with Crippen molar-refractivity contribution >= 4 is 27.5 Å². The summed E-state index contributed by atoms with van der Waals surface area (Å²) in [5.41, 5.74) is 0.507. The molecule has 3 aromatic rings. The molecule has 1 heterocycles. The lowest BCUT2D eigenvalue weighted by Gasteiger charge is -2.31. The number of rotatable bonds is 11. The predicted molar refractivity (Wildman–Crippen MR) is 125 cm³/mol. The highest BCUT2D eigenvalue weighted by Gasteiger charge is 2.31. The Labute approximate surface area is 193 Å². The first kappa shape index (κ1) is 24.2. The van der Waals surface area contributed by atoms with Crippen molar-refractivity contribution in [3.8, 4) is 0 Å². The fraction of sp³-hybridized carbons (Fsp3) is 0.250. The normalized spacial score (nSPS) is 12.2. The number of hydrogen-bond donors (Lipinski definition) is 2. The van der Waals surface area contributed by atoms with Crippen LogP contribution in [0.1, 0.15) is 25.5 Å². The minimum absolute atomic E-state index is 0.0605. The van der Waals surface area contributed by atoms with Gasteiger partial charge in [-0.3, -0.25) is 14.5 Å². The summed E-state index contributed by atoms with van der Waals surface area (Å²) in [5.74, 6) is -0.296. The second-order valence-electron chi connectivity index (χ2n) is 7.34. The lowest BCUT2D eigenvalue weighted by molar-refractivity contribution is -0.126. The average molecular weight is 470 g/mol. The molecule has 2 N–H and O–H groups in total. The zero-order valence-electron chi connectivity index (χ0n) is 18.3. The molecule has 174 valence electrons. The Bertz CT molecular complexity index is 1130. The highest BCUT2D eigenvalue weighted by molar-refractivity contribution is 7.89. The molecule has 1 atom stereocenters. The number of anilines is 1. The van der Waals surface area contributed by atoms with Gasteiger partial charge in [-0.2, -0.15) is 0 Å². The second kappa shape index (κ2) is 11.4. The summed E-state index contributed by atoms with van der Waals surface area (Å²) in [6.07, 6.45) is 2.56. The molecule has 0 aliphatic rings. The minimum Gasteiger partial charge on any atom is -0.467 e. The fourth-order valence-corrected chi connectivity index (χ4v) is 4.36. The number of furan rings is 1. The van der Waals surface area contributed by atoms with E-state index in [0.717, 1.165) is 0 Å². The smallest absolute Gasteiger partial charge is 0.243 e. The van der Waals surface area contributed by atoms with Crippen LogP contribution in [0.5, 0.6) is 0 Å². The third kappa shape index (κ3) is 6.53. The van der Waals surface area contributed by atoms with Gasteiger partial charge in [0.25, 0.3) is 0 Å². The van der Waals surface area contributed by atoms with Crippen molar-refractivity contribution in [1.29, 1.82) is 0 Å². The van der Waals surface area contributed by atoms with Crippen molar-refractivity contribution in [2.75, 3.05) is 11.4 Å². The topological polar surface area (TPSA) is 109 Å². The van der Waals surface area contributed by atoms with E-state index in [1.165, 1.54) is 23.3 Å². The summed E-state index contributed by atoms with van der Waals surface area (Å²) in [4.78, 5) is 27.8. The molecule has 2 aromatic carbocycles. The highest BCUT2D eigenvalue weighted by Crippen LogP contribution is 2.20. The summed E-state index contributed by atoms with van der Waals surface area (Å²) in [6, 6.07) is 19.2. The molecule has 1 aromatic heterocycles. The molecule has 8 nitrogen and oxygen atoms in total. The predicted octanol–water partition coefficient (Wildman–Crippen LogP) is 3.08. The van der Waals surface area contributed by atoms with Gasteiger partial charge in [0.05, 0.1) is 24.2 Å². The minimum atomic E-state index is -3.88. The van der Waals surface area contributed by atoms with Crippen LogP contribution in [0.2, 0.25) is 0 Å². The van der Waals surface area contributed by atoms with E-state index in [1.807, 2.05) is 6.92 Å². The summed E-state index contributed by atoms with van der Waals surface area (Å²) in [5, 5.41) is 2.81. The lowest BCUT2D eigenvalue weighted by Crippen LogP contribution is -2.52. The van der Waals surface area contributed by atoms with Gasteiger partial charge in [-0.1, -0.05) is 49.7 Å². The Morgan fingerprint density at radius 2 is 1.64 bits per heavy atom. The summed E-state index contributed by atoms with van der Waals surface area (Å²) < 4.78 is 32.8. The van der Waals surface area contributed by atoms with Gasteiger partial charge < -0.3 is 9.73 Å². The zero-order chi connectivity index (χ0) is 23.7. The molecule has 1 unspecified atom stereocenters. The number of nitrogens with zero attached hydrogens (tertiary/aromatic N) is 1. The van der Waals surface area contributed by atoms with Crippen molar-refractivity contribution in [2.24, 2.45) is 0 Å². The van der Waals surface area contributed by atoms with Crippen LogP contribution in [-0.2, 0) is 26.2 Å². The zero-order valence-corrected chi connectivity index (χ0v) is 19.1. The van der Waals surface area contributed by atoms with Gasteiger partial charge in [-0.05, 0) is 42.8 Å². The molecule has 3 rings (SSSR count). The maximum atomic E-state index is 13.3. The first-order valence-electron chi connectivity index (χ1n) is 10.6. The van der Waals surface area contributed by atoms with Gasteiger partial charge in [0.15, 0.2) is 0 Å². The maximum Gasteiger partial charge on any atom is 0.243 e. The van der Waals surface area contributed by atoms with Gasteiger partial charge in [-0.15, -0.1) is 0 Å². The Hall–Kier alpha value is -3.43. The van der Waals surface area contributed by atoms with E-state index in [9.17, 15) is 18.0 Å². The van der Waals surface area contributed by atoms with Crippen molar-refractivity contribution in [3.63, 3.8) is 0 Å². The number of nitrogens with one attached hydrogen (secondary N) is 2. The van der Waals surface area contributed by atoms with Crippen LogP contribution < -0.4 is 14.9 Å². The third-order valence-electron chi connectivity index (χ3n) is 4.96. The van der Waals surface area contributed by atoms with E-state index >= 15 is 0 Å². The first-order valence-corrected chi connectivity index (χ1v) is 12.1. The van der Waals surface area contributed by atoms with Crippen LogP contribution in [0.25, 0.3) is 0 Å². The number of carbonyl (C=O) groups is 2. The van der Waals surface area contributed by atoms with E-state index in [-0.39, 0.29) is 17.3 Å². The number of sulfonamides is 1. The molecule has 0 radical (unpaired) electrons. The van der Waals surface area contributed by atoms with Gasteiger partial charge in [0.2, 0.25) is 21.8 Å². The molecule has 9 heteroatoms. The molecule has 0 aliphatic heterocycles. The van der Waals surface area contributed by atoms with E-state index in [0.29, 0.717) is 24.3 Å². The van der Waals surface area contributed by atoms with E-state index < -0.39 is 28.5 Å². The van der Waals surface area contributed by atoms with Crippen molar-refractivity contribution < 1.29 is 22.4 Å². The number of para-hydroxylation sites is 1. The highest BCUT2D eigenvalue weighted by atomic mass is 32.2. The van der Waals surface area contributed by atoms with Crippen LogP contribution in [0.15, 0.2) is 88.4 Å². The Morgan fingerprint density at radius 1 is 0.970 bits per heavy atom. The standard InChI is InChI=1S/C24H27N3O5S/c1-2-10-22(24(29)25-17-20-13-9-16-32-20)27(19-11-5-3-6-12-19)23(28)18-26-33(30,31)21-14-7-4-8-15-21/h3-9,11-16,22,26H,2,10,17-18H2,1H3,(H,25,29). The van der Waals surface area contributed by atoms with Gasteiger partial charge in [0.1, 0.15) is 11.8 Å². The Morgan fingerprint density at radius 3 is 2.24 bits per heavy atom. The second-order valence-corrected chi connectivity index (χ2v) is 9.11. The monoisotopic (exact) mass is 469 g/mol. The number of amides is 2. The first-order chi connectivity index (χ1) is 15.9. The van der Waals surface area contributed by atoms with Crippen molar-refractivity contribution in [1.82, 2.24) is 10.0 Å². The third-order valence-corrected chi connectivity index (χ3v) is 6.38. The van der Waals surface area contributed by atoms with Crippen molar-refractivity contribution in [3.05, 3.63) is 84.8 Å². The average Bonchev–Trinajstić information content (AvgIpc) is 3.36. The fourth-order valence-electron chi connectivity index (χ4n) is 3.37. The quantitative estimate of drug-likeness (QED) is 0.449. The molecular weight excluding hydrogens is 442 g/mol. The molecule has 0 saturated heterocycles. The van der Waals surface area contributed by atoms with Crippen LogP contribution in [0.4, 0.5) is 5.69 Å². The van der Waals surface area contributed by atoms with E-state index in [4.69, 9.17) is 4.42 Å². The molecule has 0 spiro atoms. The van der Waals surface area contributed by atoms with Crippen LogP contribution in [0, 0.1) is 0 Å². The van der Waals surface area contributed by atoms with Crippen LogP contribution in [0.3, 0.4) is 0 Å². The Kier molecular flexibility index (Phi) is 8.39. The van der Waals surface area contributed by atoms with E-state index in [2.05, 4.69) is 10.0 Å². The maximum absolute atomic E-state index is 13.3. The molecular formula is C24H27N3O5S. The SMILES string of the molecule is CCCC(C(=O)NCc1ccco1)N(C(=O)CNS(=O)(=O)c1ccccc1)c1ccccc1. The van der Waals surface area contributed by atoms with Crippen LogP contribution in [-0.4, -0.2) is 32.8 Å². The molecule has 33 heavy (non-hydrogen) atoms. The molecule has 0 saturated carbocycles. The molecule has 2 amide bonds. The van der Waals surface area contributed by atoms with Crippen LogP contribution >= 0.6 is 0 Å². The van der Waals surface area contributed by atoms with E-state index in [1.54, 1.807) is 60.7 Å². The molecule has 0 aliphatic carbocycles.